The van der Waals surface area contributed by atoms with Crippen molar-refractivity contribution in [2.45, 2.75) is 20.5 Å². The third-order valence-electron chi connectivity index (χ3n) is 5.37. The molecule has 0 saturated carbocycles. The van der Waals surface area contributed by atoms with Crippen LogP contribution in [-0.4, -0.2) is 47.1 Å². The summed E-state index contributed by atoms with van der Waals surface area (Å²) in [6.45, 7) is 9.58. The Morgan fingerprint density at radius 2 is 1.72 bits per heavy atom. The lowest BCUT2D eigenvalue weighted by atomic mass is 10.2. The van der Waals surface area contributed by atoms with Gasteiger partial charge in [0.2, 0.25) is 4.77 Å². The number of hydrogen-bond acceptors (Lipinski definition) is 4. The van der Waals surface area contributed by atoms with E-state index in [2.05, 4.69) is 35.2 Å². The second-order valence-electron chi connectivity index (χ2n) is 7.30. The number of ether oxygens (including phenoxy) is 1. The van der Waals surface area contributed by atoms with Crippen molar-refractivity contribution in [1.29, 1.82) is 0 Å². The van der Waals surface area contributed by atoms with Crippen LogP contribution in [0.15, 0.2) is 54.6 Å². The monoisotopic (exact) mass is 410 g/mol. The molecule has 1 aliphatic heterocycles. The summed E-state index contributed by atoms with van der Waals surface area (Å²) in [7, 11) is 0. The Bertz CT molecular complexity index is 1010. The van der Waals surface area contributed by atoms with Crippen LogP contribution >= 0.6 is 12.2 Å². The molecular weight excluding hydrogens is 382 g/mol. The lowest BCUT2D eigenvalue weighted by Gasteiger charge is -2.34. The van der Waals surface area contributed by atoms with Gasteiger partial charge in [0, 0.05) is 5.69 Å². The van der Waals surface area contributed by atoms with Crippen molar-refractivity contribution < 1.29 is 9.64 Å². The number of rotatable bonds is 6. The number of aromatic nitrogens is 3. The highest BCUT2D eigenvalue weighted by atomic mass is 32.1. The normalized spacial score (nSPS) is 14.9. The highest BCUT2D eigenvalue weighted by molar-refractivity contribution is 7.71. The predicted molar refractivity (Wildman–Crippen MR) is 118 cm³/mol. The van der Waals surface area contributed by atoms with Crippen molar-refractivity contribution >= 4 is 17.9 Å². The zero-order valence-corrected chi connectivity index (χ0v) is 17.9. The zero-order valence-electron chi connectivity index (χ0n) is 17.0. The maximum absolute atomic E-state index is 5.81. The van der Waals surface area contributed by atoms with Crippen molar-refractivity contribution in [2.75, 3.05) is 37.7 Å². The second kappa shape index (κ2) is 8.80. The summed E-state index contributed by atoms with van der Waals surface area (Å²) < 4.78 is 10.6. The SMILES string of the molecule is CCOc1ccccc1N1CC[NH+](Cn2nc(C)n(-c3ccccc3)c2=S)CC1. The number of para-hydroxylation sites is 3. The van der Waals surface area contributed by atoms with E-state index in [9.17, 15) is 0 Å². The molecule has 0 amide bonds. The lowest BCUT2D eigenvalue weighted by Crippen LogP contribution is -3.14. The van der Waals surface area contributed by atoms with Crippen LogP contribution in [0, 0.1) is 11.7 Å². The van der Waals surface area contributed by atoms with Crippen molar-refractivity contribution in [3.8, 4) is 11.4 Å². The molecule has 1 saturated heterocycles. The molecule has 2 aromatic carbocycles. The van der Waals surface area contributed by atoms with E-state index in [1.165, 1.54) is 10.6 Å². The van der Waals surface area contributed by atoms with E-state index in [1.807, 2.05) is 47.4 Å². The second-order valence-corrected chi connectivity index (χ2v) is 7.66. The minimum atomic E-state index is 0.684. The number of nitrogens with zero attached hydrogens (tertiary/aromatic N) is 4. The number of hydrogen-bond donors (Lipinski definition) is 1. The molecular formula is C22H28N5OS+. The summed E-state index contributed by atoms with van der Waals surface area (Å²) in [5.74, 6) is 1.89. The molecule has 2 heterocycles. The van der Waals surface area contributed by atoms with E-state index in [-0.39, 0.29) is 0 Å². The van der Waals surface area contributed by atoms with Crippen molar-refractivity contribution in [3.05, 3.63) is 65.2 Å². The predicted octanol–water partition coefficient (Wildman–Crippen LogP) is 2.47. The van der Waals surface area contributed by atoms with Crippen LogP contribution in [0.4, 0.5) is 5.69 Å². The van der Waals surface area contributed by atoms with Gasteiger partial charge in [-0.15, -0.1) is 0 Å². The molecule has 0 radical (unpaired) electrons. The first-order valence-corrected chi connectivity index (χ1v) is 10.6. The van der Waals surface area contributed by atoms with Crippen LogP contribution in [0.2, 0.25) is 0 Å². The molecule has 1 fully saturated rings. The molecule has 0 atom stereocenters. The molecule has 1 N–H and O–H groups in total. The van der Waals surface area contributed by atoms with Crippen LogP contribution in [-0.2, 0) is 6.67 Å². The first-order valence-electron chi connectivity index (χ1n) is 10.2. The van der Waals surface area contributed by atoms with Crippen molar-refractivity contribution in [1.82, 2.24) is 14.3 Å². The van der Waals surface area contributed by atoms with Gasteiger partial charge < -0.3 is 14.5 Å². The summed E-state index contributed by atoms with van der Waals surface area (Å²) >= 11 is 5.73. The molecule has 7 heteroatoms. The lowest BCUT2D eigenvalue weighted by molar-refractivity contribution is -0.924. The Balaban J connectivity index is 1.44. The Kier molecular flexibility index (Phi) is 5.97. The molecule has 1 aromatic heterocycles. The van der Waals surface area contributed by atoms with Crippen molar-refractivity contribution in [3.63, 3.8) is 0 Å². The van der Waals surface area contributed by atoms with Gasteiger partial charge >= 0.3 is 0 Å². The highest BCUT2D eigenvalue weighted by Crippen LogP contribution is 2.27. The Hall–Kier alpha value is -2.64. The summed E-state index contributed by atoms with van der Waals surface area (Å²) in [6.07, 6.45) is 0. The van der Waals surface area contributed by atoms with Crippen molar-refractivity contribution in [2.24, 2.45) is 0 Å². The maximum Gasteiger partial charge on any atom is 0.207 e. The molecule has 0 bridgehead atoms. The quantitative estimate of drug-likeness (QED) is 0.634. The standard InChI is InChI=1S/C22H27N5OS/c1-3-28-21-12-8-7-11-20(21)25-15-13-24(14-16-25)17-26-22(29)27(18(2)23-26)19-9-5-4-6-10-19/h4-12H,3,13-17H2,1-2H3/p+1. The summed E-state index contributed by atoms with van der Waals surface area (Å²) in [5.41, 5.74) is 2.25. The Morgan fingerprint density at radius 3 is 2.45 bits per heavy atom. The van der Waals surface area contributed by atoms with E-state index in [0.717, 1.165) is 54.9 Å². The number of piperazine rings is 1. The highest BCUT2D eigenvalue weighted by Gasteiger charge is 2.23. The Labute approximate surface area is 176 Å². The molecule has 3 aromatic rings. The number of nitrogens with one attached hydrogen (secondary N) is 1. The molecule has 0 aliphatic carbocycles. The van der Waals surface area contributed by atoms with Gasteiger partial charge in [-0.3, -0.25) is 4.57 Å². The minimum absolute atomic E-state index is 0.684. The van der Waals surface area contributed by atoms with Crippen LogP contribution < -0.4 is 14.5 Å². The first kappa shape index (κ1) is 19.7. The van der Waals surface area contributed by atoms with Gasteiger partial charge in [-0.05, 0) is 50.3 Å². The number of anilines is 1. The molecule has 0 unspecified atom stereocenters. The molecule has 6 nitrogen and oxygen atoms in total. The van der Waals surface area contributed by atoms with Gasteiger partial charge in [-0.2, -0.15) is 9.78 Å². The average Bonchev–Trinajstić information content (AvgIpc) is 3.03. The first-order chi connectivity index (χ1) is 14.2. The maximum atomic E-state index is 5.81. The van der Waals surface area contributed by atoms with Gasteiger partial charge in [-0.1, -0.05) is 30.3 Å². The van der Waals surface area contributed by atoms with E-state index >= 15 is 0 Å². The summed E-state index contributed by atoms with van der Waals surface area (Å²) in [5, 5.41) is 4.72. The summed E-state index contributed by atoms with van der Waals surface area (Å²) in [4.78, 5) is 3.91. The van der Waals surface area contributed by atoms with Crippen LogP contribution in [0.1, 0.15) is 12.7 Å². The minimum Gasteiger partial charge on any atom is -0.492 e. The van der Waals surface area contributed by atoms with E-state index in [1.54, 1.807) is 0 Å². The average molecular weight is 411 g/mol. The van der Waals surface area contributed by atoms with Gasteiger partial charge in [0.05, 0.1) is 38.5 Å². The molecule has 29 heavy (non-hydrogen) atoms. The zero-order chi connectivity index (χ0) is 20.2. The smallest absolute Gasteiger partial charge is 0.207 e. The van der Waals surface area contributed by atoms with E-state index in [0.29, 0.717) is 6.61 Å². The van der Waals surface area contributed by atoms with Crippen LogP contribution in [0.3, 0.4) is 0 Å². The van der Waals surface area contributed by atoms with Crippen LogP contribution in [0.5, 0.6) is 5.75 Å². The molecule has 0 spiro atoms. The van der Waals surface area contributed by atoms with Gasteiger partial charge in [0.15, 0.2) is 6.67 Å². The third kappa shape index (κ3) is 4.21. The topological polar surface area (TPSA) is 39.7 Å². The van der Waals surface area contributed by atoms with Gasteiger partial charge in [-0.25, -0.2) is 0 Å². The van der Waals surface area contributed by atoms with E-state index < -0.39 is 0 Å². The molecule has 1 aliphatic rings. The van der Waals surface area contributed by atoms with Gasteiger partial charge in [0.25, 0.3) is 0 Å². The fourth-order valence-electron chi connectivity index (χ4n) is 3.92. The Morgan fingerprint density at radius 1 is 1.03 bits per heavy atom. The largest absolute Gasteiger partial charge is 0.492 e. The third-order valence-corrected chi connectivity index (χ3v) is 5.76. The van der Waals surface area contributed by atoms with Gasteiger partial charge in [0.1, 0.15) is 11.6 Å². The molecule has 4 rings (SSSR count). The van der Waals surface area contributed by atoms with Crippen LogP contribution in [0.25, 0.3) is 5.69 Å². The number of aryl methyl sites for hydroxylation is 1. The molecule has 152 valence electrons. The number of quaternary nitrogens is 1. The fourth-order valence-corrected chi connectivity index (χ4v) is 4.27. The van der Waals surface area contributed by atoms with E-state index in [4.69, 9.17) is 22.1 Å². The number of benzene rings is 2. The summed E-state index contributed by atoms with van der Waals surface area (Å²) in [6, 6.07) is 18.5. The fraction of sp³-hybridized carbons (Fsp3) is 0.364.